The number of nitrogens with two attached hydrogens (primary N) is 1. The summed E-state index contributed by atoms with van der Waals surface area (Å²) in [6.45, 7) is 3.36. The predicted octanol–water partition coefficient (Wildman–Crippen LogP) is 2.52. The van der Waals surface area contributed by atoms with Crippen LogP contribution in [0, 0.1) is 0 Å². The Morgan fingerprint density at radius 2 is 2.37 bits per heavy atom. The fraction of sp³-hybridized carbons (Fsp3) is 0.600. The van der Waals surface area contributed by atoms with E-state index in [-0.39, 0.29) is 6.04 Å². The summed E-state index contributed by atoms with van der Waals surface area (Å²) in [6, 6.07) is 9.27. The first-order chi connectivity index (χ1) is 9.26. The van der Waals surface area contributed by atoms with Crippen molar-refractivity contribution in [1.29, 1.82) is 0 Å². The molecule has 1 aliphatic heterocycles. The molecule has 0 aliphatic carbocycles. The molecule has 1 saturated heterocycles. The van der Waals surface area contributed by atoms with Crippen LogP contribution in [0.5, 0.6) is 5.75 Å². The van der Waals surface area contributed by atoms with E-state index in [2.05, 4.69) is 30.1 Å². The number of ether oxygens (including phenoxy) is 1. The second kappa shape index (κ2) is 7.17. The molecule has 1 heterocycles. The molecule has 0 saturated carbocycles. The Morgan fingerprint density at radius 1 is 1.53 bits per heavy atom. The van der Waals surface area contributed by atoms with E-state index in [4.69, 9.17) is 10.5 Å². The number of benzene rings is 1. The summed E-state index contributed by atoms with van der Waals surface area (Å²) in [5.41, 5.74) is 7.27. The van der Waals surface area contributed by atoms with Crippen LogP contribution in [0.25, 0.3) is 0 Å². The van der Waals surface area contributed by atoms with Gasteiger partial charge in [-0.2, -0.15) is 11.8 Å². The standard InChI is InChI=1S/C15H24N2OS/c1-3-18-14-6-4-5-12(9-14)15(10-16)17(2)13-7-8-19-11-13/h4-6,9,13,15H,3,7-8,10-11,16H2,1-2H3. The van der Waals surface area contributed by atoms with Crippen LogP contribution in [0.4, 0.5) is 0 Å². The number of likely N-dealkylation sites (N-methyl/N-ethyl adjacent to an activating group) is 1. The van der Waals surface area contributed by atoms with E-state index in [0.717, 1.165) is 5.75 Å². The Balaban J connectivity index is 2.13. The second-order valence-electron chi connectivity index (χ2n) is 4.94. The largest absolute Gasteiger partial charge is 0.494 e. The minimum Gasteiger partial charge on any atom is -0.494 e. The maximum absolute atomic E-state index is 6.01. The summed E-state index contributed by atoms with van der Waals surface area (Å²) < 4.78 is 5.58. The molecular weight excluding hydrogens is 256 g/mol. The van der Waals surface area contributed by atoms with E-state index < -0.39 is 0 Å². The van der Waals surface area contributed by atoms with E-state index in [0.29, 0.717) is 19.2 Å². The van der Waals surface area contributed by atoms with Crippen LogP contribution in [-0.2, 0) is 0 Å². The maximum Gasteiger partial charge on any atom is 0.119 e. The summed E-state index contributed by atoms with van der Waals surface area (Å²) in [5.74, 6) is 3.43. The van der Waals surface area contributed by atoms with Crippen LogP contribution < -0.4 is 10.5 Å². The Bertz CT molecular complexity index is 393. The molecule has 2 unspecified atom stereocenters. The molecular formula is C15H24N2OS. The first-order valence-corrected chi connectivity index (χ1v) is 8.14. The van der Waals surface area contributed by atoms with Crippen LogP contribution in [0.3, 0.4) is 0 Å². The zero-order valence-corrected chi connectivity index (χ0v) is 12.7. The molecule has 2 atom stereocenters. The summed E-state index contributed by atoms with van der Waals surface area (Å²) in [7, 11) is 2.20. The van der Waals surface area contributed by atoms with Gasteiger partial charge >= 0.3 is 0 Å². The number of nitrogens with zero attached hydrogens (tertiary/aromatic N) is 1. The van der Waals surface area contributed by atoms with Crippen LogP contribution in [0.1, 0.15) is 24.9 Å². The quantitative estimate of drug-likeness (QED) is 0.869. The molecule has 19 heavy (non-hydrogen) atoms. The highest BCUT2D eigenvalue weighted by molar-refractivity contribution is 7.99. The predicted molar refractivity (Wildman–Crippen MR) is 82.9 cm³/mol. The number of thioether (sulfide) groups is 1. The zero-order valence-electron chi connectivity index (χ0n) is 11.8. The van der Waals surface area contributed by atoms with Crippen molar-refractivity contribution in [3.8, 4) is 5.75 Å². The summed E-state index contributed by atoms with van der Waals surface area (Å²) in [5, 5.41) is 0. The van der Waals surface area contributed by atoms with Gasteiger partial charge < -0.3 is 10.5 Å². The molecule has 0 radical (unpaired) electrons. The van der Waals surface area contributed by atoms with Crippen molar-refractivity contribution in [1.82, 2.24) is 4.90 Å². The zero-order chi connectivity index (χ0) is 13.7. The SMILES string of the molecule is CCOc1cccc(C(CN)N(C)C2CCSC2)c1. The van der Waals surface area contributed by atoms with Crippen molar-refractivity contribution in [3.05, 3.63) is 29.8 Å². The summed E-state index contributed by atoms with van der Waals surface area (Å²) >= 11 is 2.04. The fourth-order valence-electron chi connectivity index (χ4n) is 2.61. The lowest BCUT2D eigenvalue weighted by Crippen LogP contribution is -2.38. The lowest BCUT2D eigenvalue weighted by atomic mass is 10.0. The molecule has 3 nitrogen and oxygen atoms in total. The summed E-state index contributed by atoms with van der Waals surface area (Å²) in [6.07, 6.45) is 1.27. The molecule has 1 aromatic carbocycles. The minimum atomic E-state index is 0.282. The molecule has 1 aliphatic rings. The van der Waals surface area contributed by atoms with Crippen molar-refractivity contribution in [2.45, 2.75) is 25.4 Å². The maximum atomic E-state index is 6.01. The van der Waals surface area contributed by atoms with Crippen molar-refractivity contribution in [2.24, 2.45) is 5.73 Å². The van der Waals surface area contributed by atoms with E-state index in [9.17, 15) is 0 Å². The number of rotatable bonds is 6. The molecule has 106 valence electrons. The molecule has 1 aromatic rings. The molecule has 4 heteroatoms. The van der Waals surface area contributed by atoms with Gasteiger partial charge in [-0.05, 0) is 43.8 Å². The topological polar surface area (TPSA) is 38.5 Å². The van der Waals surface area contributed by atoms with Gasteiger partial charge in [0.25, 0.3) is 0 Å². The third-order valence-electron chi connectivity index (χ3n) is 3.75. The Hall–Kier alpha value is -0.710. The van der Waals surface area contributed by atoms with Gasteiger partial charge in [-0.1, -0.05) is 12.1 Å². The molecule has 1 fully saturated rings. The average Bonchev–Trinajstić information content (AvgIpc) is 2.94. The first-order valence-electron chi connectivity index (χ1n) is 6.98. The van der Waals surface area contributed by atoms with E-state index in [1.54, 1.807) is 0 Å². The highest BCUT2D eigenvalue weighted by Gasteiger charge is 2.26. The van der Waals surface area contributed by atoms with Gasteiger partial charge in [0.1, 0.15) is 5.75 Å². The van der Waals surface area contributed by atoms with Gasteiger partial charge in [0.05, 0.1) is 6.61 Å². The fourth-order valence-corrected chi connectivity index (χ4v) is 3.89. The van der Waals surface area contributed by atoms with Crippen molar-refractivity contribution in [2.75, 3.05) is 31.7 Å². The monoisotopic (exact) mass is 280 g/mol. The highest BCUT2D eigenvalue weighted by Crippen LogP contribution is 2.29. The Kier molecular flexibility index (Phi) is 5.55. The van der Waals surface area contributed by atoms with Gasteiger partial charge in [0.2, 0.25) is 0 Å². The Labute approximate surface area is 120 Å². The van der Waals surface area contributed by atoms with Crippen molar-refractivity contribution in [3.63, 3.8) is 0 Å². The van der Waals surface area contributed by atoms with Gasteiger partial charge in [0, 0.05) is 24.4 Å². The molecule has 0 amide bonds. The van der Waals surface area contributed by atoms with Crippen LogP contribution in [0.15, 0.2) is 24.3 Å². The molecule has 0 spiro atoms. The van der Waals surface area contributed by atoms with Gasteiger partial charge in [-0.15, -0.1) is 0 Å². The van der Waals surface area contributed by atoms with Crippen molar-refractivity contribution < 1.29 is 4.74 Å². The number of hydrogen-bond donors (Lipinski definition) is 1. The molecule has 2 N–H and O–H groups in total. The second-order valence-corrected chi connectivity index (χ2v) is 6.09. The van der Waals surface area contributed by atoms with Crippen molar-refractivity contribution >= 4 is 11.8 Å². The van der Waals surface area contributed by atoms with Gasteiger partial charge in [-0.3, -0.25) is 4.90 Å². The molecule has 0 bridgehead atoms. The van der Waals surface area contributed by atoms with Crippen LogP contribution in [-0.4, -0.2) is 42.6 Å². The van der Waals surface area contributed by atoms with Gasteiger partial charge in [0.15, 0.2) is 0 Å². The van der Waals surface area contributed by atoms with E-state index >= 15 is 0 Å². The third kappa shape index (κ3) is 3.65. The Morgan fingerprint density at radius 3 is 3.00 bits per heavy atom. The summed E-state index contributed by atoms with van der Waals surface area (Å²) in [4.78, 5) is 2.44. The molecule has 0 aromatic heterocycles. The number of hydrogen-bond acceptors (Lipinski definition) is 4. The first kappa shape index (κ1) is 14.7. The lowest BCUT2D eigenvalue weighted by Gasteiger charge is -2.32. The average molecular weight is 280 g/mol. The lowest BCUT2D eigenvalue weighted by molar-refractivity contribution is 0.192. The normalized spacial score (nSPS) is 20.7. The van der Waals surface area contributed by atoms with Crippen LogP contribution in [0.2, 0.25) is 0 Å². The minimum absolute atomic E-state index is 0.282. The smallest absolute Gasteiger partial charge is 0.119 e. The van der Waals surface area contributed by atoms with E-state index in [1.807, 2.05) is 24.8 Å². The highest BCUT2D eigenvalue weighted by atomic mass is 32.2. The van der Waals surface area contributed by atoms with E-state index in [1.165, 1.54) is 23.5 Å². The van der Waals surface area contributed by atoms with Crippen LogP contribution >= 0.6 is 11.8 Å². The van der Waals surface area contributed by atoms with Gasteiger partial charge in [-0.25, -0.2) is 0 Å². The third-order valence-corrected chi connectivity index (χ3v) is 4.90. The molecule has 2 rings (SSSR count).